The largest absolute Gasteiger partial charge is 0.383 e. The first kappa shape index (κ1) is 17.7. The van der Waals surface area contributed by atoms with Crippen LogP contribution in [-0.4, -0.2) is 26.8 Å². The van der Waals surface area contributed by atoms with Crippen LogP contribution in [0.5, 0.6) is 0 Å². The van der Waals surface area contributed by atoms with Gasteiger partial charge in [0.15, 0.2) is 0 Å². The molecule has 0 amide bonds. The van der Waals surface area contributed by atoms with Gasteiger partial charge in [0.05, 0.1) is 6.61 Å². The number of rotatable bonds is 14. The molecule has 0 bridgehead atoms. The van der Waals surface area contributed by atoms with E-state index in [1.807, 2.05) is 0 Å². The average molecular weight is 255 g/mol. The van der Waals surface area contributed by atoms with Gasteiger partial charge in [0, 0.05) is 13.7 Å². The fraction of sp³-hybridized carbons (Fsp3) is 0.875. The first-order valence-electron chi connectivity index (χ1n) is 7.76. The van der Waals surface area contributed by atoms with Gasteiger partial charge in [-0.05, 0) is 25.8 Å². The van der Waals surface area contributed by atoms with Gasteiger partial charge in [0.1, 0.15) is 0 Å². The molecule has 2 heteroatoms. The fourth-order valence-corrected chi connectivity index (χ4v) is 1.94. The van der Waals surface area contributed by atoms with E-state index in [-0.39, 0.29) is 0 Å². The fourth-order valence-electron chi connectivity index (χ4n) is 1.94. The topological polar surface area (TPSA) is 21.3 Å². The first-order chi connectivity index (χ1) is 8.91. The Morgan fingerprint density at radius 1 is 0.833 bits per heavy atom. The first-order valence-corrected chi connectivity index (χ1v) is 7.76. The maximum atomic E-state index is 4.97. The van der Waals surface area contributed by atoms with E-state index in [0.717, 1.165) is 26.1 Å². The lowest BCUT2D eigenvalue weighted by Gasteiger charge is -2.01. The third-order valence-electron chi connectivity index (χ3n) is 3.11. The highest BCUT2D eigenvalue weighted by molar-refractivity contribution is 4.82. The summed E-state index contributed by atoms with van der Waals surface area (Å²) in [5, 5.41) is 3.34. The van der Waals surface area contributed by atoms with Crippen molar-refractivity contribution in [1.29, 1.82) is 0 Å². The second-order valence-corrected chi connectivity index (χ2v) is 4.91. The molecule has 0 aromatic rings. The maximum Gasteiger partial charge on any atom is 0.0587 e. The van der Waals surface area contributed by atoms with Crippen LogP contribution >= 0.6 is 0 Å². The van der Waals surface area contributed by atoms with E-state index in [9.17, 15) is 0 Å². The summed E-state index contributed by atoms with van der Waals surface area (Å²) in [6.45, 7) is 5.11. The van der Waals surface area contributed by atoms with E-state index in [1.54, 1.807) is 7.11 Å². The smallest absolute Gasteiger partial charge is 0.0587 e. The molecule has 0 saturated carbocycles. The molecule has 0 aliphatic carbocycles. The van der Waals surface area contributed by atoms with Gasteiger partial charge < -0.3 is 10.1 Å². The number of allylic oxidation sites excluding steroid dienone is 1. The van der Waals surface area contributed by atoms with Crippen molar-refractivity contribution in [3.8, 4) is 0 Å². The van der Waals surface area contributed by atoms with Crippen molar-refractivity contribution in [3.63, 3.8) is 0 Å². The van der Waals surface area contributed by atoms with Crippen molar-refractivity contribution in [2.45, 2.75) is 64.7 Å². The average Bonchev–Trinajstić information content (AvgIpc) is 2.39. The van der Waals surface area contributed by atoms with Gasteiger partial charge in [0.2, 0.25) is 0 Å². The molecule has 1 N–H and O–H groups in total. The Labute approximate surface area is 114 Å². The summed E-state index contributed by atoms with van der Waals surface area (Å²) in [6, 6.07) is 0. The van der Waals surface area contributed by atoms with Crippen molar-refractivity contribution < 1.29 is 4.74 Å². The highest BCUT2D eigenvalue weighted by Gasteiger charge is 1.89. The van der Waals surface area contributed by atoms with E-state index in [1.165, 1.54) is 51.4 Å². The third-order valence-corrected chi connectivity index (χ3v) is 3.11. The molecule has 0 aromatic heterocycles. The Morgan fingerprint density at radius 2 is 1.50 bits per heavy atom. The van der Waals surface area contributed by atoms with Gasteiger partial charge >= 0.3 is 0 Å². The monoisotopic (exact) mass is 255 g/mol. The van der Waals surface area contributed by atoms with Gasteiger partial charge in [0.25, 0.3) is 0 Å². The van der Waals surface area contributed by atoms with Crippen LogP contribution in [0.15, 0.2) is 12.2 Å². The quantitative estimate of drug-likeness (QED) is 0.369. The minimum atomic E-state index is 0.807. The van der Waals surface area contributed by atoms with Crippen LogP contribution in [0.25, 0.3) is 0 Å². The minimum absolute atomic E-state index is 0.807. The Bertz CT molecular complexity index is 168. The van der Waals surface area contributed by atoms with Crippen LogP contribution in [0.4, 0.5) is 0 Å². The number of ether oxygens (including phenoxy) is 1. The van der Waals surface area contributed by atoms with E-state index >= 15 is 0 Å². The van der Waals surface area contributed by atoms with Crippen LogP contribution < -0.4 is 5.32 Å². The molecule has 0 unspecified atom stereocenters. The van der Waals surface area contributed by atoms with Gasteiger partial charge in [-0.2, -0.15) is 0 Å². The number of unbranched alkanes of at least 4 members (excludes halogenated alkanes) is 7. The molecule has 0 radical (unpaired) electrons. The zero-order valence-corrected chi connectivity index (χ0v) is 12.5. The van der Waals surface area contributed by atoms with E-state index in [4.69, 9.17) is 4.74 Å². The van der Waals surface area contributed by atoms with Gasteiger partial charge in [-0.15, -0.1) is 0 Å². The number of hydrogen-bond acceptors (Lipinski definition) is 2. The minimum Gasteiger partial charge on any atom is -0.383 e. The second kappa shape index (κ2) is 16.7. The number of methoxy groups -OCH3 is 1. The summed E-state index contributed by atoms with van der Waals surface area (Å²) in [5.74, 6) is 0. The summed E-state index contributed by atoms with van der Waals surface area (Å²) < 4.78 is 4.97. The lowest BCUT2D eigenvalue weighted by Crippen LogP contribution is -2.19. The van der Waals surface area contributed by atoms with Crippen LogP contribution in [0.2, 0.25) is 0 Å². The number of hydrogen-bond donors (Lipinski definition) is 1. The summed E-state index contributed by atoms with van der Waals surface area (Å²) >= 11 is 0. The number of nitrogens with one attached hydrogen (secondary N) is 1. The molecule has 0 spiro atoms. The lowest BCUT2D eigenvalue weighted by atomic mass is 10.1. The van der Waals surface area contributed by atoms with Crippen molar-refractivity contribution >= 4 is 0 Å². The highest BCUT2D eigenvalue weighted by atomic mass is 16.5. The molecule has 2 nitrogen and oxygen atoms in total. The van der Waals surface area contributed by atoms with Crippen LogP contribution in [0.1, 0.15) is 64.7 Å². The molecular weight excluding hydrogens is 222 g/mol. The standard InChI is InChI=1S/C16H33NO/c1-3-4-5-6-7-8-9-10-11-12-13-14-17-15-16-18-2/h11-12,17H,3-10,13-16H2,1-2H3. The zero-order valence-electron chi connectivity index (χ0n) is 12.5. The molecular formula is C16H33NO. The van der Waals surface area contributed by atoms with Gasteiger partial charge in [-0.3, -0.25) is 0 Å². The molecule has 0 fully saturated rings. The molecule has 0 aliphatic rings. The predicted octanol–water partition coefficient (Wildman–Crippen LogP) is 4.31. The predicted molar refractivity (Wildman–Crippen MR) is 81.1 cm³/mol. The Morgan fingerprint density at radius 3 is 2.22 bits per heavy atom. The van der Waals surface area contributed by atoms with Crippen LogP contribution in [0, 0.1) is 0 Å². The molecule has 0 atom stereocenters. The SMILES string of the molecule is CCCCCCCCCC=CCCNCCOC. The van der Waals surface area contributed by atoms with E-state index < -0.39 is 0 Å². The lowest BCUT2D eigenvalue weighted by molar-refractivity contribution is 0.199. The van der Waals surface area contributed by atoms with Crippen molar-refractivity contribution in [2.75, 3.05) is 26.8 Å². The molecule has 0 saturated heterocycles. The third kappa shape index (κ3) is 15.7. The Balaban J connectivity index is 3.00. The van der Waals surface area contributed by atoms with Gasteiger partial charge in [-0.25, -0.2) is 0 Å². The van der Waals surface area contributed by atoms with E-state index in [2.05, 4.69) is 24.4 Å². The molecule has 0 rings (SSSR count). The molecule has 0 aliphatic heterocycles. The molecule has 0 heterocycles. The summed E-state index contributed by atoms with van der Waals surface area (Å²) in [4.78, 5) is 0. The van der Waals surface area contributed by atoms with Crippen molar-refractivity contribution in [1.82, 2.24) is 5.32 Å². The van der Waals surface area contributed by atoms with Crippen LogP contribution in [-0.2, 0) is 4.74 Å². The zero-order chi connectivity index (χ0) is 13.3. The Hall–Kier alpha value is -0.340. The normalized spacial score (nSPS) is 11.4. The van der Waals surface area contributed by atoms with E-state index in [0.29, 0.717) is 0 Å². The van der Waals surface area contributed by atoms with Crippen molar-refractivity contribution in [2.24, 2.45) is 0 Å². The summed E-state index contributed by atoms with van der Waals surface area (Å²) in [5.41, 5.74) is 0. The van der Waals surface area contributed by atoms with Crippen molar-refractivity contribution in [3.05, 3.63) is 12.2 Å². The maximum absolute atomic E-state index is 4.97. The second-order valence-electron chi connectivity index (χ2n) is 4.91. The van der Waals surface area contributed by atoms with Crippen LogP contribution in [0.3, 0.4) is 0 Å². The summed E-state index contributed by atoms with van der Waals surface area (Å²) in [6.07, 6.45) is 16.8. The Kier molecular flexibility index (Phi) is 16.3. The molecule has 108 valence electrons. The molecule has 0 aromatic carbocycles. The molecule has 18 heavy (non-hydrogen) atoms. The highest BCUT2D eigenvalue weighted by Crippen LogP contribution is 2.08. The summed E-state index contributed by atoms with van der Waals surface area (Å²) in [7, 11) is 1.74. The van der Waals surface area contributed by atoms with Gasteiger partial charge in [-0.1, -0.05) is 57.6 Å².